The van der Waals surface area contributed by atoms with Crippen molar-refractivity contribution in [2.24, 2.45) is 5.92 Å². The lowest BCUT2D eigenvalue weighted by Crippen LogP contribution is -2.27. The molecule has 2 atom stereocenters. The van der Waals surface area contributed by atoms with Crippen LogP contribution >= 0.6 is 0 Å². The molecule has 0 unspecified atom stereocenters. The van der Waals surface area contributed by atoms with E-state index in [1.54, 1.807) is 0 Å². The molecule has 16 heteroatoms. The average molecular weight is 603 g/mol. The second kappa shape index (κ2) is 10.3. The minimum Gasteiger partial charge on any atom is -0.480 e. The lowest BCUT2D eigenvalue weighted by atomic mass is 10.1. The fourth-order valence-electron chi connectivity index (χ4n) is 4.82. The molecule has 0 amide bonds. The lowest BCUT2D eigenvalue weighted by molar-refractivity contribution is -0.150. The van der Waals surface area contributed by atoms with E-state index in [0.717, 1.165) is 17.4 Å². The van der Waals surface area contributed by atoms with Crippen molar-refractivity contribution >= 4 is 26.8 Å². The van der Waals surface area contributed by atoms with Gasteiger partial charge < -0.3 is 10.1 Å². The fraction of sp³-hybridized carbons (Fsp3) is 0.423. The molecular formula is C26H25F3N8O4S. The van der Waals surface area contributed by atoms with Crippen molar-refractivity contribution in [1.82, 2.24) is 34.5 Å². The minimum atomic E-state index is -4.50. The van der Waals surface area contributed by atoms with E-state index in [9.17, 15) is 26.4 Å². The van der Waals surface area contributed by atoms with Gasteiger partial charge in [-0.25, -0.2) is 33.3 Å². The average Bonchev–Trinajstić information content (AvgIpc) is 3.90. The van der Waals surface area contributed by atoms with Gasteiger partial charge in [0.25, 0.3) is 5.56 Å². The number of hydrogen-bond donors (Lipinski definition) is 1. The van der Waals surface area contributed by atoms with Gasteiger partial charge in [-0.3, -0.25) is 14.3 Å². The number of fused-ring (bicyclic) bond motifs is 1. The summed E-state index contributed by atoms with van der Waals surface area (Å²) in [6, 6.07) is 1.72. The van der Waals surface area contributed by atoms with Crippen molar-refractivity contribution in [2.75, 3.05) is 18.2 Å². The van der Waals surface area contributed by atoms with E-state index in [4.69, 9.17) is 4.74 Å². The number of sulfone groups is 1. The van der Waals surface area contributed by atoms with Gasteiger partial charge in [0, 0.05) is 12.1 Å². The van der Waals surface area contributed by atoms with Gasteiger partial charge in [-0.2, -0.15) is 13.2 Å². The number of nitrogens with one attached hydrogen (secondary N) is 1. The zero-order valence-electron chi connectivity index (χ0n) is 22.5. The molecule has 220 valence electrons. The molecule has 0 aromatic carbocycles. The number of nitrogens with zero attached hydrogens (tertiary/aromatic N) is 7. The van der Waals surface area contributed by atoms with Crippen LogP contribution in [-0.4, -0.2) is 61.9 Å². The van der Waals surface area contributed by atoms with Crippen molar-refractivity contribution in [3.63, 3.8) is 0 Å². The minimum absolute atomic E-state index is 0.0319. The zero-order valence-corrected chi connectivity index (χ0v) is 23.3. The molecule has 12 nitrogen and oxygen atoms in total. The van der Waals surface area contributed by atoms with Crippen molar-refractivity contribution < 1.29 is 26.3 Å². The molecule has 4 heterocycles. The first-order valence-corrected chi connectivity index (χ1v) is 14.8. The first kappa shape index (κ1) is 27.9. The van der Waals surface area contributed by atoms with Crippen LogP contribution in [-0.2, 0) is 16.4 Å². The van der Waals surface area contributed by atoms with Gasteiger partial charge in [0.15, 0.2) is 27.1 Å². The number of alkyl halides is 3. The number of aromatic nitrogens is 7. The Hall–Kier alpha value is -4.21. The van der Waals surface area contributed by atoms with Crippen molar-refractivity contribution in [2.45, 2.75) is 55.8 Å². The maximum Gasteiger partial charge on any atom is 0.393 e. The summed E-state index contributed by atoms with van der Waals surface area (Å²) in [6.07, 6.45) is 0.968. The summed E-state index contributed by atoms with van der Waals surface area (Å²) in [5.41, 5.74) is 0.766. The van der Waals surface area contributed by atoms with Crippen LogP contribution in [0.2, 0.25) is 0 Å². The Kier molecular flexibility index (Phi) is 6.82. The Morgan fingerprint density at radius 1 is 1.10 bits per heavy atom. The number of pyridine rings is 1. The highest BCUT2D eigenvalue weighted by atomic mass is 32.2. The monoisotopic (exact) mass is 602 g/mol. The standard InChI is InChI=1S/C26H25F3N8O4S/c1-3-42(39,40)15-7-6-14(30-10-15)9-31-22-25(38)37(18-8-16(18)26(27,28)29)23-17(35-22)11-32-21(36-23)19-20(13-4-5-13)33-12-34-24(19)41-2/h6-7,10-13,16,18H,3-5,8-9H2,1-2H3,(H,31,35)/t16-,18-/m0/s1. The number of ether oxygens (including phenoxy) is 1. The lowest BCUT2D eigenvalue weighted by Gasteiger charge is -2.15. The van der Waals surface area contributed by atoms with Crippen molar-refractivity contribution in [3.05, 3.63) is 52.6 Å². The highest BCUT2D eigenvalue weighted by molar-refractivity contribution is 7.91. The summed E-state index contributed by atoms with van der Waals surface area (Å²) in [7, 11) is -2.01. The van der Waals surface area contributed by atoms with Gasteiger partial charge in [0.05, 0.1) is 53.8 Å². The highest BCUT2D eigenvalue weighted by Gasteiger charge is 2.57. The van der Waals surface area contributed by atoms with E-state index in [1.807, 2.05) is 0 Å². The largest absolute Gasteiger partial charge is 0.480 e. The molecule has 0 aliphatic heterocycles. The van der Waals surface area contributed by atoms with Crippen LogP contribution in [0, 0.1) is 5.92 Å². The van der Waals surface area contributed by atoms with E-state index in [1.165, 1.54) is 44.9 Å². The molecule has 4 aromatic rings. The molecule has 0 saturated heterocycles. The van der Waals surface area contributed by atoms with Gasteiger partial charge in [-0.1, -0.05) is 6.92 Å². The molecule has 2 saturated carbocycles. The van der Waals surface area contributed by atoms with Gasteiger partial charge in [0.2, 0.25) is 5.88 Å². The second-order valence-electron chi connectivity index (χ2n) is 10.1. The van der Waals surface area contributed by atoms with Crippen LogP contribution in [0.1, 0.15) is 49.5 Å². The number of hydrogen-bond acceptors (Lipinski definition) is 11. The van der Waals surface area contributed by atoms with Gasteiger partial charge in [-0.05, 0) is 31.4 Å². The molecule has 0 radical (unpaired) electrons. The normalized spacial score (nSPS) is 18.7. The molecule has 2 aliphatic rings. The Morgan fingerprint density at radius 2 is 1.88 bits per heavy atom. The van der Waals surface area contributed by atoms with E-state index in [0.29, 0.717) is 17.0 Å². The molecular weight excluding hydrogens is 577 g/mol. The number of rotatable bonds is 9. The fourth-order valence-corrected chi connectivity index (χ4v) is 5.64. The summed E-state index contributed by atoms with van der Waals surface area (Å²) in [5, 5.41) is 2.83. The van der Waals surface area contributed by atoms with E-state index in [2.05, 4.69) is 35.2 Å². The summed E-state index contributed by atoms with van der Waals surface area (Å²) in [6.45, 7) is 1.49. The predicted molar refractivity (Wildman–Crippen MR) is 144 cm³/mol. The van der Waals surface area contributed by atoms with Crippen LogP contribution in [0.15, 0.2) is 40.5 Å². The highest BCUT2D eigenvalue weighted by Crippen LogP contribution is 2.53. The molecule has 4 aromatic heterocycles. The van der Waals surface area contributed by atoms with E-state index < -0.39 is 33.5 Å². The smallest absolute Gasteiger partial charge is 0.393 e. The molecule has 6 rings (SSSR count). The van der Waals surface area contributed by atoms with Crippen LogP contribution in [0.5, 0.6) is 5.88 Å². The van der Waals surface area contributed by atoms with Crippen molar-refractivity contribution in [1.29, 1.82) is 0 Å². The molecule has 0 spiro atoms. The Bertz CT molecular complexity index is 1840. The number of methoxy groups -OCH3 is 1. The number of halogens is 3. The number of anilines is 1. The topological polar surface area (TPSA) is 155 Å². The van der Waals surface area contributed by atoms with Gasteiger partial charge in [0.1, 0.15) is 17.4 Å². The zero-order chi connectivity index (χ0) is 29.8. The Morgan fingerprint density at radius 3 is 2.50 bits per heavy atom. The van der Waals surface area contributed by atoms with Crippen molar-refractivity contribution in [3.8, 4) is 17.3 Å². The molecule has 1 N–H and O–H groups in total. The van der Waals surface area contributed by atoms with Gasteiger partial charge in [-0.15, -0.1) is 0 Å². The van der Waals surface area contributed by atoms with E-state index >= 15 is 0 Å². The Balaban J connectivity index is 1.41. The van der Waals surface area contributed by atoms with Crippen LogP contribution in [0.4, 0.5) is 19.0 Å². The summed E-state index contributed by atoms with van der Waals surface area (Å²) >= 11 is 0. The quantitative estimate of drug-likeness (QED) is 0.299. The van der Waals surface area contributed by atoms with Gasteiger partial charge >= 0.3 is 6.18 Å². The first-order chi connectivity index (χ1) is 20.0. The third-order valence-electron chi connectivity index (χ3n) is 7.34. The summed E-state index contributed by atoms with van der Waals surface area (Å²) < 4.78 is 71.5. The third-order valence-corrected chi connectivity index (χ3v) is 9.06. The second-order valence-corrected chi connectivity index (χ2v) is 12.4. The third kappa shape index (κ3) is 5.14. The maximum atomic E-state index is 13.6. The molecule has 2 fully saturated rings. The SMILES string of the molecule is CCS(=O)(=O)c1ccc(CNc2nc3cnc(-c4c(OC)ncnc4C4CC4)nc3n([C@H]3C[C@@H]3C(F)(F)F)c2=O)nc1. The molecule has 0 bridgehead atoms. The Labute approximate surface area is 237 Å². The summed E-state index contributed by atoms with van der Waals surface area (Å²) in [5.74, 6) is -1.51. The van der Waals surface area contributed by atoms with Crippen LogP contribution < -0.4 is 15.6 Å². The first-order valence-electron chi connectivity index (χ1n) is 13.2. The van der Waals surface area contributed by atoms with Crippen LogP contribution in [0.3, 0.4) is 0 Å². The summed E-state index contributed by atoms with van der Waals surface area (Å²) in [4.78, 5) is 39.6. The van der Waals surface area contributed by atoms with E-state index in [-0.39, 0.29) is 58.2 Å². The maximum absolute atomic E-state index is 13.6. The van der Waals surface area contributed by atoms with Crippen LogP contribution in [0.25, 0.3) is 22.6 Å². The molecule has 2 aliphatic carbocycles. The predicted octanol–water partition coefficient (Wildman–Crippen LogP) is 3.45. The molecule has 42 heavy (non-hydrogen) atoms.